The van der Waals surface area contributed by atoms with Crippen LogP contribution >= 0.6 is 0 Å². The fraction of sp³-hybridized carbons (Fsp3) is 0.600. The van der Waals surface area contributed by atoms with Crippen LogP contribution in [0.3, 0.4) is 0 Å². The first-order valence-electron chi connectivity index (χ1n) is 7.10. The van der Waals surface area contributed by atoms with Crippen LogP contribution < -0.4 is 5.32 Å². The summed E-state index contributed by atoms with van der Waals surface area (Å²) in [5.41, 5.74) is 1.84. The van der Waals surface area contributed by atoms with Gasteiger partial charge in [0.2, 0.25) is 0 Å². The van der Waals surface area contributed by atoms with Crippen molar-refractivity contribution >= 4 is 11.4 Å². The van der Waals surface area contributed by atoms with Crippen LogP contribution in [0.1, 0.15) is 25.8 Å². The second-order valence-corrected chi connectivity index (χ2v) is 6.03. The van der Waals surface area contributed by atoms with Crippen molar-refractivity contribution in [2.75, 3.05) is 18.9 Å². The normalized spacial score (nSPS) is 27.3. The highest BCUT2D eigenvalue weighted by Crippen LogP contribution is 2.30. The maximum atomic E-state index is 11.1. The van der Waals surface area contributed by atoms with Crippen molar-refractivity contribution < 1.29 is 4.92 Å². The van der Waals surface area contributed by atoms with Gasteiger partial charge in [-0.25, -0.2) is 0 Å². The molecule has 110 valence electrons. The summed E-state index contributed by atoms with van der Waals surface area (Å²) in [6.07, 6.45) is 1.00. The van der Waals surface area contributed by atoms with Crippen molar-refractivity contribution in [3.05, 3.63) is 33.9 Å². The van der Waals surface area contributed by atoms with E-state index in [1.165, 1.54) is 0 Å². The Hall–Kier alpha value is -1.62. The van der Waals surface area contributed by atoms with Crippen molar-refractivity contribution in [2.24, 2.45) is 5.92 Å². The van der Waals surface area contributed by atoms with Crippen LogP contribution in [0.2, 0.25) is 0 Å². The highest BCUT2D eigenvalue weighted by Gasteiger charge is 2.30. The van der Waals surface area contributed by atoms with Gasteiger partial charge in [-0.15, -0.1) is 0 Å². The number of nitrogens with zero attached hydrogens (tertiary/aromatic N) is 2. The minimum Gasteiger partial charge on any atom is -0.376 e. The van der Waals surface area contributed by atoms with Crippen molar-refractivity contribution in [3.8, 4) is 0 Å². The minimum atomic E-state index is -0.315. The smallest absolute Gasteiger partial charge is 0.292 e. The third-order valence-corrected chi connectivity index (χ3v) is 4.30. The molecule has 0 bridgehead atoms. The first-order valence-corrected chi connectivity index (χ1v) is 7.10. The molecule has 1 saturated heterocycles. The molecule has 0 aromatic heterocycles. The van der Waals surface area contributed by atoms with Gasteiger partial charge in [0.15, 0.2) is 0 Å². The molecule has 1 aliphatic heterocycles. The number of benzene rings is 1. The van der Waals surface area contributed by atoms with Crippen LogP contribution in [0.25, 0.3) is 0 Å². The molecule has 0 aliphatic carbocycles. The maximum Gasteiger partial charge on any atom is 0.292 e. The lowest BCUT2D eigenvalue weighted by atomic mass is 9.89. The fourth-order valence-electron chi connectivity index (χ4n) is 2.87. The van der Waals surface area contributed by atoms with E-state index in [2.05, 4.69) is 31.1 Å². The molecule has 3 unspecified atom stereocenters. The van der Waals surface area contributed by atoms with Crippen molar-refractivity contribution in [2.45, 2.75) is 39.3 Å². The monoisotopic (exact) mass is 277 g/mol. The van der Waals surface area contributed by atoms with Gasteiger partial charge in [-0.05, 0) is 44.9 Å². The Balaban J connectivity index is 2.21. The van der Waals surface area contributed by atoms with E-state index in [4.69, 9.17) is 0 Å². The van der Waals surface area contributed by atoms with Crippen LogP contribution in [0.4, 0.5) is 11.4 Å². The maximum absolute atomic E-state index is 11.1. The Morgan fingerprint density at radius 1 is 1.40 bits per heavy atom. The Bertz CT molecular complexity index is 504. The summed E-state index contributed by atoms with van der Waals surface area (Å²) in [5.74, 6) is 0.469. The molecule has 20 heavy (non-hydrogen) atoms. The van der Waals surface area contributed by atoms with Crippen LogP contribution in [-0.2, 0) is 0 Å². The van der Waals surface area contributed by atoms with Gasteiger partial charge in [0.25, 0.3) is 5.69 Å². The van der Waals surface area contributed by atoms with Crippen LogP contribution in [0.15, 0.2) is 18.2 Å². The van der Waals surface area contributed by atoms with Crippen molar-refractivity contribution in [3.63, 3.8) is 0 Å². The SMILES string of the molecule is Cc1ccc([N+](=O)[O-])c(NC2CC(C)N(C)CC2C)c1. The standard InChI is InChI=1S/C15H23N3O2/c1-10-5-6-15(18(19)20)14(7-10)16-13-8-12(3)17(4)9-11(13)2/h5-7,11-13,16H,8-9H2,1-4H3. The molecule has 1 aromatic carbocycles. The van der Waals surface area contributed by atoms with Gasteiger partial charge in [-0.2, -0.15) is 0 Å². The van der Waals surface area contributed by atoms with E-state index in [9.17, 15) is 10.1 Å². The molecular formula is C15H23N3O2. The molecule has 3 atom stereocenters. The van der Waals surface area contributed by atoms with Crippen LogP contribution in [0, 0.1) is 23.0 Å². The third kappa shape index (κ3) is 3.10. The third-order valence-electron chi connectivity index (χ3n) is 4.30. The summed E-state index contributed by atoms with van der Waals surface area (Å²) in [4.78, 5) is 13.2. The number of piperidine rings is 1. The number of aryl methyl sites for hydroxylation is 1. The molecular weight excluding hydrogens is 254 g/mol. The number of hydrogen-bond donors (Lipinski definition) is 1. The summed E-state index contributed by atoms with van der Waals surface area (Å²) in [6, 6.07) is 6.01. The van der Waals surface area contributed by atoms with Gasteiger partial charge in [-0.3, -0.25) is 10.1 Å². The van der Waals surface area contributed by atoms with Gasteiger partial charge < -0.3 is 10.2 Å². The summed E-state index contributed by atoms with van der Waals surface area (Å²) in [7, 11) is 2.13. The van der Waals surface area contributed by atoms with Crippen LogP contribution in [0.5, 0.6) is 0 Å². The summed E-state index contributed by atoms with van der Waals surface area (Å²) in [5, 5.41) is 14.5. The number of nitro groups is 1. The average Bonchev–Trinajstić information content (AvgIpc) is 2.35. The predicted octanol–water partition coefficient (Wildman–Crippen LogP) is 3.04. The predicted molar refractivity (Wildman–Crippen MR) is 81.1 cm³/mol. The van der Waals surface area contributed by atoms with E-state index in [0.717, 1.165) is 18.5 Å². The number of anilines is 1. The van der Waals surface area contributed by atoms with Crippen molar-refractivity contribution in [1.82, 2.24) is 4.90 Å². The van der Waals surface area contributed by atoms with E-state index in [1.54, 1.807) is 12.1 Å². The van der Waals surface area contributed by atoms with E-state index in [0.29, 0.717) is 17.6 Å². The molecule has 1 N–H and O–H groups in total. The summed E-state index contributed by atoms with van der Waals surface area (Å²) >= 11 is 0. The molecule has 5 nitrogen and oxygen atoms in total. The first kappa shape index (κ1) is 14.8. The molecule has 0 amide bonds. The van der Waals surface area contributed by atoms with Crippen LogP contribution in [-0.4, -0.2) is 35.5 Å². The highest BCUT2D eigenvalue weighted by atomic mass is 16.6. The van der Waals surface area contributed by atoms with E-state index < -0.39 is 0 Å². The van der Waals surface area contributed by atoms with Crippen molar-refractivity contribution in [1.29, 1.82) is 0 Å². The Kier molecular flexibility index (Phi) is 4.28. The zero-order valence-corrected chi connectivity index (χ0v) is 12.6. The molecule has 1 aromatic rings. The molecule has 0 spiro atoms. The molecule has 0 saturated carbocycles. The quantitative estimate of drug-likeness (QED) is 0.681. The lowest BCUT2D eigenvalue weighted by Crippen LogP contribution is -2.48. The topological polar surface area (TPSA) is 58.4 Å². The van der Waals surface area contributed by atoms with E-state index >= 15 is 0 Å². The zero-order valence-electron chi connectivity index (χ0n) is 12.6. The molecule has 5 heteroatoms. The Labute approximate surface area is 120 Å². The summed E-state index contributed by atoms with van der Waals surface area (Å²) in [6.45, 7) is 7.36. The number of rotatable bonds is 3. The van der Waals surface area contributed by atoms with Gasteiger partial charge >= 0.3 is 0 Å². The average molecular weight is 277 g/mol. The molecule has 1 heterocycles. The Morgan fingerprint density at radius 2 is 2.10 bits per heavy atom. The zero-order chi connectivity index (χ0) is 14.9. The largest absolute Gasteiger partial charge is 0.376 e. The van der Waals surface area contributed by atoms with E-state index in [1.807, 2.05) is 13.0 Å². The van der Waals surface area contributed by atoms with E-state index in [-0.39, 0.29) is 16.7 Å². The first-order chi connectivity index (χ1) is 9.38. The molecule has 2 rings (SSSR count). The lowest BCUT2D eigenvalue weighted by molar-refractivity contribution is -0.384. The Morgan fingerprint density at radius 3 is 2.75 bits per heavy atom. The van der Waals surface area contributed by atoms with Gasteiger partial charge in [0.05, 0.1) is 4.92 Å². The lowest BCUT2D eigenvalue weighted by Gasteiger charge is -2.40. The van der Waals surface area contributed by atoms with Gasteiger partial charge in [0, 0.05) is 24.7 Å². The number of nitrogens with one attached hydrogen (secondary N) is 1. The fourth-order valence-corrected chi connectivity index (χ4v) is 2.87. The number of nitro benzene ring substituents is 1. The second-order valence-electron chi connectivity index (χ2n) is 6.03. The molecule has 0 radical (unpaired) electrons. The molecule has 1 aliphatic rings. The molecule has 1 fully saturated rings. The minimum absolute atomic E-state index is 0.161. The second kappa shape index (κ2) is 5.79. The highest BCUT2D eigenvalue weighted by molar-refractivity contribution is 5.63. The van der Waals surface area contributed by atoms with Gasteiger partial charge in [-0.1, -0.05) is 13.0 Å². The summed E-state index contributed by atoms with van der Waals surface area (Å²) < 4.78 is 0. The number of hydrogen-bond acceptors (Lipinski definition) is 4. The number of likely N-dealkylation sites (tertiary alicyclic amines) is 1. The van der Waals surface area contributed by atoms with Gasteiger partial charge in [0.1, 0.15) is 5.69 Å².